The number of piperazine rings is 2. The van der Waals surface area contributed by atoms with Crippen LogP contribution in [-0.2, 0) is 9.59 Å². The lowest BCUT2D eigenvalue weighted by molar-refractivity contribution is -0.154. The van der Waals surface area contributed by atoms with Crippen LogP contribution in [0.3, 0.4) is 0 Å². The zero-order chi connectivity index (χ0) is 53.5. The van der Waals surface area contributed by atoms with E-state index in [0.717, 1.165) is 133 Å². The summed E-state index contributed by atoms with van der Waals surface area (Å²) in [6.07, 6.45) is 7.86. The zero-order valence-electron chi connectivity index (χ0n) is 44.6. The van der Waals surface area contributed by atoms with E-state index in [1.165, 1.54) is 31.5 Å². The van der Waals surface area contributed by atoms with E-state index in [-0.39, 0.29) is 26.1 Å². The number of carbonyl (C=O) groups is 2. The maximum absolute atomic E-state index is 13.4. The number of ether oxygens (including phenoxy) is 4. The molecule has 10 rings (SSSR count). The minimum absolute atomic E-state index is 0.125. The summed E-state index contributed by atoms with van der Waals surface area (Å²) in [5, 5.41) is 28.9. The molecule has 0 unspecified atom stereocenters. The second-order valence-electron chi connectivity index (χ2n) is 20.8. The highest BCUT2D eigenvalue weighted by Gasteiger charge is 2.41. The van der Waals surface area contributed by atoms with E-state index in [4.69, 9.17) is 34.0 Å². The Morgan fingerprint density at radius 3 is 1.47 bits per heavy atom. The molecule has 0 atom stereocenters. The van der Waals surface area contributed by atoms with E-state index in [2.05, 4.69) is 78.9 Å². The van der Waals surface area contributed by atoms with E-state index < -0.39 is 17.4 Å². The molecule has 0 aliphatic carbocycles. The molecule has 0 radical (unpaired) electrons. The van der Waals surface area contributed by atoms with Gasteiger partial charge < -0.3 is 39.0 Å². The van der Waals surface area contributed by atoms with E-state index in [9.17, 15) is 14.7 Å². The van der Waals surface area contributed by atoms with Crippen molar-refractivity contribution in [1.29, 1.82) is 0 Å². The van der Waals surface area contributed by atoms with Gasteiger partial charge >= 0.3 is 11.9 Å². The number of anilines is 2. The van der Waals surface area contributed by atoms with Crippen molar-refractivity contribution in [3.05, 3.63) is 120 Å². The molecule has 410 valence electrons. The number of pyridine rings is 2. The smallest absolute Gasteiger partial charge is 0.316 e. The molecule has 2 fully saturated rings. The summed E-state index contributed by atoms with van der Waals surface area (Å²) < 4.78 is 27.7. The van der Waals surface area contributed by atoms with Crippen LogP contribution < -0.4 is 28.7 Å². The van der Waals surface area contributed by atoms with Crippen molar-refractivity contribution in [3.63, 3.8) is 0 Å². The normalized spacial score (nSPS) is 14.7. The largest absolute Gasteiger partial charge is 0.494 e. The van der Waals surface area contributed by atoms with Crippen LogP contribution in [0.15, 0.2) is 120 Å². The van der Waals surface area contributed by atoms with Gasteiger partial charge in [-0.15, -0.1) is 22.7 Å². The van der Waals surface area contributed by atoms with Gasteiger partial charge in [0.15, 0.2) is 0 Å². The highest BCUT2D eigenvalue weighted by atomic mass is 32.1. The van der Waals surface area contributed by atoms with Gasteiger partial charge in [-0.3, -0.25) is 19.4 Å². The molecule has 14 nitrogen and oxygen atoms in total. The average molecular weight is 1090 g/mol. The maximum Gasteiger partial charge on any atom is 0.316 e. The first-order valence-electron chi connectivity index (χ1n) is 27.9. The number of aliphatic carboxylic acids is 2. The maximum atomic E-state index is 13.4. The Bertz CT molecular complexity index is 3050. The van der Waals surface area contributed by atoms with Crippen molar-refractivity contribution in [1.82, 2.24) is 19.8 Å². The van der Waals surface area contributed by atoms with Crippen molar-refractivity contribution < 1.29 is 38.7 Å². The summed E-state index contributed by atoms with van der Waals surface area (Å²) in [5.41, 5.74) is 2.64. The topological polar surface area (TPSA) is 150 Å². The number of nitrogens with zero attached hydrogens (tertiary/aromatic N) is 6. The monoisotopic (exact) mass is 1090 g/mol. The lowest BCUT2D eigenvalue weighted by atomic mass is 9.84. The van der Waals surface area contributed by atoms with Gasteiger partial charge in [-0.25, -0.2) is 9.97 Å². The van der Waals surface area contributed by atoms with Gasteiger partial charge in [0.2, 0.25) is 11.8 Å². The van der Waals surface area contributed by atoms with Crippen molar-refractivity contribution in [2.24, 2.45) is 5.41 Å². The molecule has 2 aliphatic rings. The van der Waals surface area contributed by atoms with Crippen molar-refractivity contribution >= 4 is 88.0 Å². The molecule has 0 saturated carbocycles. The van der Waals surface area contributed by atoms with E-state index in [0.29, 0.717) is 48.8 Å². The molecule has 0 spiro atoms. The number of benzene rings is 4. The molecule has 16 heteroatoms. The van der Waals surface area contributed by atoms with Crippen LogP contribution in [0.4, 0.5) is 11.4 Å². The molecule has 2 aliphatic heterocycles. The van der Waals surface area contributed by atoms with Gasteiger partial charge in [-0.1, -0.05) is 37.8 Å². The van der Waals surface area contributed by atoms with Crippen LogP contribution in [0.5, 0.6) is 23.3 Å². The predicted molar refractivity (Wildman–Crippen MR) is 315 cm³/mol. The highest BCUT2D eigenvalue weighted by Crippen LogP contribution is 2.34. The van der Waals surface area contributed by atoms with Gasteiger partial charge in [0.25, 0.3) is 0 Å². The van der Waals surface area contributed by atoms with Crippen LogP contribution >= 0.6 is 22.7 Å². The lowest BCUT2D eigenvalue weighted by Crippen LogP contribution is -2.46. The number of thiophene rings is 2. The number of fused-ring (bicyclic) bond motifs is 4. The Balaban J connectivity index is 0.698. The third-order valence-electron chi connectivity index (χ3n) is 15.4. The van der Waals surface area contributed by atoms with E-state index in [1.807, 2.05) is 48.5 Å². The van der Waals surface area contributed by atoms with Gasteiger partial charge in [0.1, 0.15) is 30.1 Å². The van der Waals surface area contributed by atoms with Gasteiger partial charge in [0.05, 0.1) is 24.2 Å². The molecule has 78 heavy (non-hydrogen) atoms. The Morgan fingerprint density at radius 2 is 0.987 bits per heavy atom. The molecular weight excluding hydrogens is 1020 g/mol. The predicted octanol–water partition coefficient (Wildman–Crippen LogP) is 12.5. The van der Waals surface area contributed by atoms with Crippen LogP contribution in [0.2, 0.25) is 0 Å². The standard InChI is InChI=1S/C62H72N6O8S2/c69-60(70)16-4-2-1-3-5-27-62(61(71)72,44-75-58-23-19-46-17-21-48(42-52(46)63-58)73-38-8-6-28-65-30-34-67(35-31-65)54-12-10-14-56-50(54)25-40-77-56)45-76-59-24-20-47-18-22-49(43-53(47)64-59)74-39-9-7-29-66-32-36-68(37-33-66)55-13-11-15-57-51(55)26-41-78-57/h10-15,17-26,40-43H,1-9,16,27-39,44-45H2,(H,69,70)(H,71,72). The fourth-order valence-corrected chi connectivity index (χ4v) is 12.4. The number of unbranched alkanes of at least 4 members (excludes halogenated alkanes) is 6. The Hall–Kier alpha value is -6.72. The van der Waals surface area contributed by atoms with Gasteiger partial charge in [0, 0.05) is 125 Å². The summed E-state index contributed by atoms with van der Waals surface area (Å²) >= 11 is 3.60. The minimum Gasteiger partial charge on any atom is -0.494 e. The SMILES string of the molecule is O=C(O)CCCCCCCC(COc1ccc2ccc(OCCCCN3CCN(c4cccc5sccc45)CC3)cc2n1)(COc1ccc2ccc(OCCCCN3CCN(c4cccc5sccc45)CC3)cc2n1)C(=O)O. The molecule has 2 saturated heterocycles. The van der Waals surface area contributed by atoms with Gasteiger partial charge in [-0.2, -0.15) is 0 Å². The summed E-state index contributed by atoms with van der Waals surface area (Å²) in [6, 6.07) is 36.8. The minimum atomic E-state index is -1.43. The third-order valence-corrected chi connectivity index (χ3v) is 17.2. The number of hydrogen-bond donors (Lipinski definition) is 2. The van der Waals surface area contributed by atoms with Crippen molar-refractivity contribution in [2.75, 3.05) is 102 Å². The fourth-order valence-electron chi connectivity index (χ4n) is 10.8. The second kappa shape index (κ2) is 26.8. The molecule has 0 bridgehead atoms. The van der Waals surface area contributed by atoms with Crippen LogP contribution in [0.1, 0.15) is 70.6 Å². The average Bonchev–Trinajstić information content (AvgIpc) is 4.17. The number of carboxylic acid groups (broad SMARTS) is 2. The number of carboxylic acids is 2. The van der Waals surface area contributed by atoms with Crippen LogP contribution in [0.25, 0.3) is 42.0 Å². The molecule has 6 heterocycles. The van der Waals surface area contributed by atoms with E-state index in [1.54, 1.807) is 34.8 Å². The highest BCUT2D eigenvalue weighted by molar-refractivity contribution is 7.17. The third kappa shape index (κ3) is 14.3. The number of aromatic nitrogens is 2. The first-order chi connectivity index (χ1) is 38.2. The number of hydrogen-bond acceptors (Lipinski definition) is 14. The van der Waals surface area contributed by atoms with Crippen molar-refractivity contribution in [3.8, 4) is 23.3 Å². The Kier molecular flexibility index (Phi) is 18.7. The number of rotatable bonds is 29. The van der Waals surface area contributed by atoms with Crippen LogP contribution in [-0.4, -0.2) is 134 Å². The lowest BCUT2D eigenvalue weighted by Gasteiger charge is -2.36. The molecule has 2 N–H and O–H groups in total. The zero-order valence-corrected chi connectivity index (χ0v) is 46.2. The molecule has 4 aromatic carbocycles. The quantitative estimate of drug-likeness (QED) is 0.0428. The molecule has 4 aromatic heterocycles. The van der Waals surface area contributed by atoms with Gasteiger partial charge in [-0.05, 0) is 135 Å². The fraction of sp³-hybridized carbons (Fsp3) is 0.419. The second-order valence-corrected chi connectivity index (χ2v) is 22.7. The Labute approximate surface area is 465 Å². The molecular formula is C62H72N6O8S2. The van der Waals surface area contributed by atoms with E-state index >= 15 is 0 Å². The summed E-state index contributed by atoms with van der Waals surface area (Å²) in [4.78, 5) is 44.2. The summed E-state index contributed by atoms with van der Waals surface area (Å²) in [5.74, 6) is 0.219. The van der Waals surface area contributed by atoms with Crippen LogP contribution in [0, 0.1) is 5.41 Å². The van der Waals surface area contributed by atoms with Crippen molar-refractivity contribution in [2.45, 2.75) is 70.6 Å². The summed E-state index contributed by atoms with van der Waals surface area (Å²) in [7, 11) is 0. The molecule has 8 aromatic rings. The Morgan fingerprint density at radius 1 is 0.513 bits per heavy atom. The first kappa shape index (κ1) is 54.6. The summed E-state index contributed by atoms with van der Waals surface area (Å²) in [6.45, 7) is 11.2. The molecule has 0 amide bonds. The first-order valence-corrected chi connectivity index (χ1v) is 29.7.